The number of unbranched alkanes of at least 4 members (excludes halogenated alkanes) is 1. The fourth-order valence-electron chi connectivity index (χ4n) is 2.60. The van der Waals surface area contributed by atoms with Crippen molar-refractivity contribution in [2.24, 2.45) is 10.9 Å². The molecule has 118 valence electrons. The van der Waals surface area contributed by atoms with E-state index in [1.165, 1.54) is 5.56 Å². The molecule has 1 rings (SSSR count). The van der Waals surface area contributed by atoms with Gasteiger partial charge in [-0.05, 0) is 31.9 Å². The van der Waals surface area contributed by atoms with Crippen molar-refractivity contribution in [3.8, 4) is 0 Å². The molecule has 0 bridgehead atoms. The van der Waals surface area contributed by atoms with Crippen molar-refractivity contribution in [1.29, 1.82) is 0 Å². The molecule has 1 aromatic carbocycles. The van der Waals surface area contributed by atoms with Crippen LogP contribution in [0.25, 0.3) is 0 Å². The quantitative estimate of drug-likeness (QED) is 0.315. The molecule has 0 fully saturated rings. The van der Waals surface area contributed by atoms with Gasteiger partial charge in [-0.1, -0.05) is 55.8 Å². The van der Waals surface area contributed by atoms with E-state index in [0.717, 1.165) is 25.8 Å². The van der Waals surface area contributed by atoms with E-state index in [2.05, 4.69) is 43.0 Å². The number of hydrogen-bond acceptors (Lipinski definition) is 3. The molecule has 0 heterocycles. The molecule has 3 N–H and O–H groups in total. The lowest BCUT2D eigenvalue weighted by Gasteiger charge is -2.36. The second-order valence-electron chi connectivity index (χ2n) is 5.57. The molecular formula is C17H29N3O. The van der Waals surface area contributed by atoms with Gasteiger partial charge in [0.2, 0.25) is 0 Å². The summed E-state index contributed by atoms with van der Waals surface area (Å²) in [6, 6.07) is 11.0. The van der Waals surface area contributed by atoms with Gasteiger partial charge in [0.25, 0.3) is 0 Å². The Hall–Kier alpha value is -1.55. The molecular weight excluding hydrogens is 262 g/mol. The number of nitrogens with zero attached hydrogens (tertiary/aromatic N) is 2. The molecule has 4 nitrogen and oxygen atoms in total. The molecule has 0 aliphatic carbocycles. The van der Waals surface area contributed by atoms with Crippen molar-refractivity contribution in [2.45, 2.75) is 58.5 Å². The van der Waals surface area contributed by atoms with Crippen LogP contribution < -0.4 is 5.73 Å². The Kier molecular flexibility index (Phi) is 7.83. The molecule has 0 spiro atoms. The molecule has 0 saturated carbocycles. The maximum atomic E-state index is 8.93. The number of oxime groups is 1. The average Bonchev–Trinajstić information content (AvgIpc) is 2.54. The van der Waals surface area contributed by atoms with Crippen LogP contribution in [-0.4, -0.2) is 28.5 Å². The maximum absolute atomic E-state index is 8.93. The van der Waals surface area contributed by atoms with Crippen LogP contribution in [0.1, 0.15) is 58.1 Å². The van der Waals surface area contributed by atoms with Gasteiger partial charge in [0, 0.05) is 18.5 Å². The third-order valence-electron chi connectivity index (χ3n) is 4.04. The van der Waals surface area contributed by atoms with Crippen LogP contribution in [0.2, 0.25) is 0 Å². The second kappa shape index (κ2) is 9.40. The lowest BCUT2D eigenvalue weighted by molar-refractivity contribution is 0.139. The highest BCUT2D eigenvalue weighted by atomic mass is 16.4. The van der Waals surface area contributed by atoms with E-state index in [4.69, 9.17) is 10.9 Å². The third-order valence-corrected chi connectivity index (χ3v) is 4.04. The smallest absolute Gasteiger partial charge is 0.141 e. The van der Waals surface area contributed by atoms with Gasteiger partial charge in [-0.2, -0.15) is 0 Å². The fraction of sp³-hybridized carbons (Fsp3) is 0.588. The number of amidine groups is 1. The van der Waals surface area contributed by atoms with Crippen molar-refractivity contribution < 1.29 is 5.21 Å². The summed E-state index contributed by atoms with van der Waals surface area (Å²) < 4.78 is 0. The highest BCUT2D eigenvalue weighted by Crippen LogP contribution is 2.27. The van der Waals surface area contributed by atoms with Crippen molar-refractivity contribution >= 4 is 5.84 Å². The van der Waals surface area contributed by atoms with Crippen molar-refractivity contribution in [3.05, 3.63) is 35.9 Å². The maximum Gasteiger partial charge on any atom is 0.141 e. The van der Waals surface area contributed by atoms with Crippen LogP contribution >= 0.6 is 0 Å². The monoisotopic (exact) mass is 291 g/mol. The first kappa shape index (κ1) is 17.5. The van der Waals surface area contributed by atoms with E-state index in [-0.39, 0.29) is 11.9 Å². The zero-order valence-electron chi connectivity index (χ0n) is 13.5. The normalized spacial score (nSPS) is 15.1. The number of rotatable bonds is 9. The first-order valence-electron chi connectivity index (χ1n) is 7.91. The number of benzene rings is 1. The Balaban J connectivity index is 3.05. The Bertz CT molecular complexity index is 419. The molecule has 4 heteroatoms. The average molecular weight is 291 g/mol. The predicted molar refractivity (Wildman–Crippen MR) is 88.6 cm³/mol. The van der Waals surface area contributed by atoms with Gasteiger partial charge >= 0.3 is 0 Å². The predicted octanol–water partition coefficient (Wildman–Crippen LogP) is 3.76. The van der Waals surface area contributed by atoms with Gasteiger partial charge in [0.15, 0.2) is 0 Å². The standard InChI is InChI=1S/C17H29N3O/c1-4-6-12-20(14(3)5-2)16(13-17(18)19-21)15-10-8-7-9-11-15/h7-11,14,16,21H,4-6,12-13H2,1-3H3,(H2,18,19). The zero-order valence-corrected chi connectivity index (χ0v) is 13.5. The fourth-order valence-corrected chi connectivity index (χ4v) is 2.60. The molecule has 2 unspecified atom stereocenters. The summed E-state index contributed by atoms with van der Waals surface area (Å²) in [5, 5.41) is 12.1. The zero-order chi connectivity index (χ0) is 15.7. The number of hydrogen-bond donors (Lipinski definition) is 2. The van der Waals surface area contributed by atoms with Crippen LogP contribution in [0, 0.1) is 0 Å². The van der Waals surface area contributed by atoms with E-state index in [1.807, 2.05) is 18.2 Å². The first-order valence-corrected chi connectivity index (χ1v) is 7.91. The molecule has 0 amide bonds. The minimum Gasteiger partial charge on any atom is -0.409 e. The summed E-state index contributed by atoms with van der Waals surface area (Å²) in [6.45, 7) is 7.69. The van der Waals surface area contributed by atoms with Gasteiger partial charge < -0.3 is 10.9 Å². The van der Waals surface area contributed by atoms with Crippen LogP contribution in [-0.2, 0) is 0 Å². The molecule has 0 aromatic heterocycles. The summed E-state index contributed by atoms with van der Waals surface area (Å²) in [5.41, 5.74) is 7.02. The van der Waals surface area contributed by atoms with Crippen LogP contribution in [0.4, 0.5) is 0 Å². The van der Waals surface area contributed by atoms with E-state index in [0.29, 0.717) is 12.5 Å². The molecule has 0 aliphatic rings. The van der Waals surface area contributed by atoms with E-state index in [1.54, 1.807) is 0 Å². The lowest BCUT2D eigenvalue weighted by atomic mass is 9.98. The summed E-state index contributed by atoms with van der Waals surface area (Å²) in [7, 11) is 0. The first-order chi connectivity index (χ1) is 10.1. The SMILES string of the molecule is CCCCN(C(C)CC)C(CC(N)=NO)c1ccccc1. The highest BCUT2D eigenvalue weighted by molar-refractivity contribution is 5.80. The Morgan fingerprint density at radius 2 is 1.95 bits per heavy atom. The van der Waals surface area contributed by atoms with Crippen LogP contribution in [0.3, 0.4) is 0 Å². The Morgan fingerprint density at radius 1 is 1.29 bits per heavy atom. The van der Waals surface area contributed by atoms with Crippen molar-refractivity contribution in [3.63, 3.8) is 0 Å². The van der Waals surface area contributed by atoms with Crippen molar-refractivity contribution in [2.75, 3.05) is 6.54 Å². The molecule has 1 aromatic rings. The van der Waals surface area contributed by atoms with E-state index >= 15 is 0 Å². The highest BCUT2D eigenvalue weighted by Gasteiger charge is 2.24. The summed E-state index contributed by atoms with van der Waals surface area (Å²) >= 11 is 0. The lowest BCUT2D eigenvalue weighted by Crippen LogP contribution is -2.39. The Labute approximate surface area is 128 Å². The topological polar surface area (TPSA) is 61.8 Å². The van der Waals surface area contributed by atoms with Crippen LogP contribution in [0.5, 0.6) is 0 Å². The number of nitrogens with two attached hydrogens (primary N) is 1. The van der Waals surface area contributed by atoms with Gasteiger partial charge in [-0.15, -0.1) is 0 Å². The van der Waals surface area contributed by atoms with Crippen molar-refractivity contribution in [1.82, 2.24) is 4.90 Å². The van der Waals surface area contributed by atoms with Gasteiger partial charge in [0.1, 0.15) is 5.84 Å². The van der Waals surface area contributed by atoms with E-state index < -0.39 is 0 Å². The molecule has 0 saturated heterocycles. The minimum absolute atomic E-state index is 0.156. The molecule has 2 atom stereocenters. The van der Waals surface area contributed by atoms with E-state index in [9.17, 15) is 0 Å². The minimum atomic E-state index is 0.156. The summed E-state index contributed by atoms with van der Waals surface area (Å²) in [6.07, 6.45) is 3.96. The molecule has 0 radical (unpaired) electrons. The largest absolute Gasteiger partial charge is 0.409 e. The van der Waals surface area contributed by atoms with Crippen LogP contribution in [0.15, 0.2) is 35.5 Å². The molecule has 0 aliphatic heterocycles. The van der Waals surface area contributed by atoms with Gasteiger partial charge in [0.05, 0.1) is 0 Å². The van der Waals surface area contributed by atoms with Gasteiger partial charge in [-0.25, -0.2) is 0 Å². The third kappa shape index (κ3) is 5.38. The second-order valence-corrected chi connectivity index (χ2v) is 5.57. The van der Waals surface area contributed by atoms with Gasteiger partial charge in [-0.3, -0.25) is 4.90 Å². The summed E-state index contributed by atoms with van der Waals surface area (Å²) in [4.78, 5) is 2.48. The summed E-state index contributed by atoms with van der Waals surface area (Å²) in [5.74, 6) is 0.286. The Morgan fingerprint density at radius 3 is 2.48 bits per heavy atom. The molecule has 21 heavy (non-hydrogen) atoms.